The first-order chi connectivity index (χ1) is 14.1. The highest BCUT2D eigenvalue weighted by atomic mass is 32.1. The molecule has 0 spiro atoms. The van der Waals surface area contributed by atoms with Crippen LogP contribution in [0, 0.1) is 11.3 Å². The van der Waals surface area contributed by atoms with E-state index in [9.17, 15) is 9.59 Å². The number of ether oxygens (including phenoxy) is 2. The average molecular weight is 413 g/mol. The number of hydrogen-bond donors (Lipinski definition) is 2. The molecule has 0 aliphatic carbocycles. The van der Waals surface area contributed by atoms with Gasteiger partial charge in [0, 0.05) is 18.1 Å². The van der Waals surface area contributed by atoms with Crippen molar-refractivity contribution in [1.29, 1.82) is 5.41 Å². The number of nitrogens with one attached hydrogen (secondary N) is 2. The summed E-state index contributed by atoms with van der Waals surface area (Å²) >= 11 is 1.29. The highest BCUT2D eigenvalue weighted by Gasteiger charge is 2.30. The fourth-order valence-corrected chi connectivity index (χ4v) is 4.81. The topological polar surface area (TPSA) is 88.5 Å². The van der Waals surface area contributed by atoms with Gasteiger partial charge in [-0.05, 0) is 61.1 Å². The summed E-state index contributed by atoms with van der Waals surface area (Å²) in [6.07, 6.45) is 5.77. The maximum atomic E-state index is 12.0. The van der Waals surface area contributed by atoms with Crippen molar-refractivity contribution < 1.29 is 19.1 Å². The van der Waals surface area contributed by atoms with E-state index in [1.165, 1.54) is 24.2 Å². The predicted molar refractivity (Wildman–Crippen MR) is 112 cm³/mol. The molecular formula is C22H24N2O4S. The third-order valence-electron chi connectivity index (χ3n) is 5.41. The summed E-state index contributed by atoms with van der Waals surface area (Å²) in [6.45, 7) is 2.44. The van der Waals surface area contributed by atoms with Crippen molar-refractivity contribution in [3.8, 4) is 16.2 Å². The van der Waals surface area contributed by atoms with E-state index >= 15 is 0 Å². The summed E-state index contributed by atoms with van der Waals surface area (Å²) < 4.78 is 11.5. The smallest absolute Gasteiger partial charge is 0.277 e. The molecule has 2 aliphatic rings. The van der Waals surface area contributed by atoms with Gasteiger partial charge in [-0.2, -0.15) is 0 Å². The van der Waals surface area contributed by atoms with Crippen LogP contribution in [0.15, 0.2) is 30.3 Å². The molecule has 3 heterocycles. The van der Waals surface area contributed by atoms with Gasteiger partial charge in [-0.1, -0.05) is 12.8 Å². The van der Waals surface area contributed by atoms with Crippen LogP contribution in [-0.4, -0.2) is 37.3 Å². The minimum atomic E-state index is -0.643. The van der Waals surface area contributed by atoms with Gasteiger partial charge >= 0.3 is 0 Å². The quantitative estimate of drug-likeness (QED) is 0.726. The molecule has 7 heteroatoms. The van der Waals surface area contributed by atoms with Crippen molar-refractivity contribution in [2.75, 3.05) is 19.8 Å². The van der Waals surface area contributed by atoms with Crippen LogP contribution in [0.5, 0.6) is 5.75 Å². The highest BCUT2D eigenvalue weighted by molar-refractivity contribution is 7.18. The Morgan fingerprint density at radius 1 is 1.10 bits per heavy atom. The van der Waals surface area contributed by atoms with Crippen molar-refractivity contribution in [3.63, 3.8) is 0 Å². The Bertz CT molecular complexity index is 911. The molecule has 1 saturated heterocycles. The normalized spacial score (nSPS) is 19.9. The standard InChI is InChI=1S/C22H24N2O4S/c23-19-20-17(21(25)24-22(19)26)13-18(29-20)15-4-6-16(7-5-15)28-12-9-14-3-1-2-10-27-11-8-14/h4-7,13-14,23H,1-3,8-12H2,(H,24,25,26). The lowest BCUT2D eigenvalue weighted by Gasteiger charge is -2.20. The van der Waals surface area contributed by atoms with Crippen LogP contribution in [-0.2, 0) is 9.53 Å². The van der Waals surface area contributed by atoms with Crippen molar-refractivity contribution in [1.82, 2.24) is 5.32 Å². The van der Waals surface area contributed by atoms with Crippen LogP contribution in [0.1, 0.15) is 47.3 Å². The summed E-state index contributed by atoms with van der Waals surface area (Å²) in [7, 11) is 0. The molecule has 2 aromatic rings. The van der Waals surface area contributed by atoms with Crippen LogP contribution < -0.4 is 10.1 Å². The Morgan fingerprint density at radius 3 is 2.76 bits per heavy atom. The molecule has 1 unspecified atom stereocenters. The second-order valence-electron chi connectivity index (χ2n) is 7.44. The van der Waals surface area contributed by atoms with E-state index in [1.807, 2.05) is 24.3 Å². The van der Waals surface area contributed by atoms with Gasteiger partial charge in [0.05, 0.1) is 17.0 Å². The minimum Gasteiger partial charge on any atom is -0.494 e. The molecule has 1 aromatic carbocycles. The second kappa shape index (κ2) is 8.88. The molecule has 1 atom stereocenters. The molecule has 0 saturated carbocycles. The molecule has 0 radical (unpaired) electrons. The lowest BCUT2D eigenvalue weighted by Crippen LogP contribution is -2.41. The van der Waals surface area contributed by atoms with Crippen molar-refractivity contribution >= 4 is 28.9 Å². The van der Waals surface area contributed by atoms with E-state index in [4.69, 9.17) is 14.9 Å². The molecule has 1 aromatic heterocycles. The van der Waals surface area contributed by atoms with Gasteiger partial charge in [0.1, 0.15) is 11.5 Å². The first-order valence-corrected chi connectivity index (χ1v) is 10.8. The van der Waals surface area contributed by atoms with Gasteiger partial charge in [-0.25, -0.2) is 0 Å². The molecule has 2 amide bonds. The number of amides is 2. The third kappa shape index (κ3) is 4.57. The average Bonchev–Trinajstić information content (AvgIpc) is 3.14. The first-order valence-electron chi connectivity index (χ1n) is 10.0. The molecule has 6 nitrogen and oxygen atoms in total. The van der Waals surface area contributed by atoms with Crippen molar-refractivity contribution in [3.05, 3.63) is 40.8 Å². The molecule has 152 valence electrons. The Morgan fingerprint density at radius 2 is 1.93 bits per heavy atom. The summed E-state index contributed by atoms with van der Waals surface area (Å²) in [6, 6.07) is 9.47. The van der Waals surface area contributed by atoms with Crippen LogP contribution in [0.25, 0.3) is 10.4 Å². The molecule has 2 aliphatic heterocycles. The number of carbonyl (C=O) groups is 2. The first kappa shape index (κ1) is 19.8. The van der Waals surface area contributed by atoms with E-state index in [2.05, 4.69) is 5.32 Å². The Kier molecular flexibility index (Phi) is 6.06. The summed E-state index contributed by atoms with van der Waals surface area (Å²) in [5.74, 6) is 0.396. The van der Waals surface area contributed by atoms with Gasteiger partial charge < -0.3 is 9.47 Å². The lowest BCUT2D eigenvalue weighted by atomic mass is 9.95. The predicted octanol–water partition coefficient (Wildman–Crippen LogP) is 4.03. The van der Waals surface area contributed by atoms with E-state index in [1.54, 1.807) is 6.07 Å². The molecule has 1 fully saturated rings. The fraction of sp³-hybridized carbons (Fsp3) is 0.409. The maximum absolute atomic E-state index is 12.0. The zero-order valence-electron chi connectivity index (χ0n) is 16.2. The van der Waals surface area contributed by atoms with E-state index in [0.717, 1.165) is 48.7 Å². The van der Waals surface area contributed by atoms with Gasteiger partial charge in [-0.15, -0.1) is 11.3 Å². The SMILES string of the molecule is N=C1C(=O)NC(=O)c2cc(-c3ccc(OCCC4CCCCOCC4)cc3)sc21. The molecule has 0 bridgehead atoms. The maximum Gasteiger partial charge on any atom is 0.277 e. The summed E-state index contributed by atoms with van der Waals surface area (Å²) in [4.78, 5) is 24.9. The number of fused-ring (bicyclic) bond motifs is 1. The van der Waals surface area contributed by atoms with Crippen molar-refractivity contribution in [2.45, 2.75) is 32.1 Å². The summed E-state index contributed by atoms with van der Waals surface area (Å²) in [5, 5.41) is 10.1. The minimum absolute atomic E-state index is 0.157. The largest absolute Gasteiger partial charge is 0.494 e. The Hall–Kier alpha value is -2.51. The monoisotopic (exact) mass is 412 g/mol. The molecule has 29 heavy (non-hydrogen) atoms. The van der Waals surface area contributed by atoms with Crippen LogP contribution >= 0.6 is 11.3 Å². The number of hydrogen-bond acceptors (Lipinski definition) is 6. The van der Waals surface area contributed by atoms with E-state index in [0.29, 0.717) is 23.0 Å². The number of thiophene rings is 1. The Labute approximate surface area is 173 Å². The second-order valence-corrected chi connectivity index (χ2v) is 8.49. The molecule has 4 rings (SSSR count). The van der Waals surface area contributed by atoms with Crippen LogP contribution in [0.3, 0.4) is 0 Å². The fourth-order valence-electron chi connectivity index (χ4n) is 3.70. The Balaban J connectivity index is 1.37. The third-order valence-corrected chi connectivity index (χ3v) is 6.61. The van der Waals surface area contributed by atoms with E-state index in [-0.39, 0.29) is 5.71 Å². The number of benzene rings is 1. The van der Waals surface area contributed by atoms with Crippen LogP contribution in [0.2, 0.25) is 0 Å². The van der Waals surface area contributed by atoms with Gasteiger partial charge in [0.2, 0.25) is 0 Å². The number of rotatable bonds is 5. The summed E-state index contributed by atoms with van der Waals surface area (Å²) in [5.41, 5.74) is 1.16. The zero-order valence-corrected chi connectivity index (χ0v) is 17.0. The number of carbonyl (C=O) groups excluding carboxylic acids is 2. The van der Waals surface area contributed by atoms with Gasteiger partial charge in [-0.3, -0.25) is 20.3 Å². The van der Waals surface area contributed by atoms with Crippen molar-refractivity contribution in [2.24, 2.45) is 5.92 Å². The van der Waals surface area contributed by atoms with Gasteiger partial charge in [0.25, 0.3) is 11.8 Å². The van der Waals surface area contributed by atoms with Gasteiger partial charge in [0.15, 0.2) is 0 Å². The van der Waals surface area contributed by atoms with Crippen LogP contribution in [0.4, 0.5) is 0 Å². The zero-order chi connectivity index (χ0) is 20.2. The number of imide groups is 1. The van der Waals surface area contributed by atoms with E-state index < -0.39 is 11.8 Å². The highest BCUT2D eigenvalue weighted by Crippen LogP contribution is 2.34. The molecular weight excluding hydrogens is 388 g/mol. The lowest BCUT2D eigenvalue weighted by molar-refractivity contribution is -0.114. The molecule has 2 N–H and O–H groups in total.